The minimum atomic E-state index is -0.420. The zero-order valence-corrected chi connectivity index (χ0v) is 23.0. The van der Waals surface area contributed by atoms with E-state index in [9.17, 15) is 9.59 Å². The van der Waals surface area contributed by atoms with Gasteiger partial charge in [0.2, 0.25) is 0 Å². The SMILES string of the molecule is CCCCCC1CC(c2ccc(C(=O)Oc3ccc(-c4ccc(C(=O)OCC(C)CC)cc4)cc3)cc2)=NO1. The van der Waals surface area contributed by atoms with Gasteiger partial charge in [-0.05, 0) is 71.8 Å². The fraction of sp³-hybridized carbons (Fsp3) is 0.364. The number of nitrogens with zero attached hydrogens (tertiary/aromatic N) is 1. The average Bonchev–Trinajstić information content (AvgIpc) is 3.45. The van der Waals surface area contributed by atoms with Crippen LogP contribution in [0.2, 0.25) is 0 Å². The molecule has 0 aromatic heterocycles. The molecule has 6 nitrogen and oxygen atoms in total. The number of rotatable bonds is 12. The van der Waals surface area contributed by atoms with E-state index < -0.39 is 5.97 Å². The summed E-state index contributed by atoms with van der Waals surface area (Å²) in [4.78, 5) is 30.5. The van der Waals surface area contributed by atoms with Gasteiger partial charge in [-0.3, -0.25) is 0 Å². The molecule has 2 unspecified atom stereocenters. The number of ether oxygens (including phenoxy) is 2. The molecule has 3 aromatic carbocycles. The van der Waals surface area contributed by atoms with Crippen LogP contribution in [-0.4, -0.2) is 30.4 Å². The first kappa shape index (κ1) is 28.1. The van der Waals surface area contributed by atoms with Gasteiger partial charge in [-0.25, -0.2) is 9.59 Å². The molecule has 6 heteroatoms. The van der Waals surface area contributed by atoms with Crippen LogP contribution >= 0.6 is 0 Å². The Morgan fingerprint density at radius 2 is 1.44 bits per heavy atom. The fourth-order valence-corrected chi connectivity index (χ4v) is 4.27. The molecule has 1 heterocycles. The van der Waals surface area contributed by atoms with Gasteiger partial charge >= 0.3 is 11.9 Å². The molecule has 0 radical (unpaired) electrons. The Morgan fingerprint density at radius 3 is 2.05 bits per heavy atom. The Kier molecular flexibility index (Phi) is 9.90. The van der Waals surface area contributed by atoms with Crippen molar-refractivity contribution >= 4 is 17.7 Å². The Hall–Kier alpha value is -3.93. The lowest BCUT2D eigenvalue weighted by molar-refractivity contribution is 0.0447. The van der Waals surface area contributed by atoms with Gasteiger partial charge in [0.15, 0.2) is 0 Å². The van der Waals surface area contributed by atoms with Crippen LogP contribution in [0.1, 0.15) is 85.6 Å². The van der Waals surface area contributed by atoms with Gasteiger partial charge in [0, 0.05) is 6.42 Å². The summed E-state index contributed by atoms with van der Waals surface area (Å²) in [7, 11) is 0. The minimum Gasteiger partial charge on any atom is -0.462 e. The molecule has 0 spiro atoms. The summed E-state index contributed by atoms with van der Waals surface area (Å²) < 4.78 is 10.9. The average molecular weight is 528 g/mol. The van der Waals surface area contributed by atoms with E-state index in [-0.39, 0.29) is 12.1 Å². The second kappa shape index (κ2) is 13.7. The lowest BCUT2D eigenvalue weighted by atomic mass is 10.0. The maximum Gasteiger partial charge on any atom is 0.343 e. The van der Waals surface area contributed by atoms with Crippen molar-refractivity contribution in [1.29, 1.82) is 0 Å². The monoisotopic (exact) mass is 527 g/mol. The van der Waals surface area contributed by atoms with Gasteiger partial charge < -0.3 is 14.3 Å². The zero-order chi connectivity index (χ0) is 27.6. The maximum absolute atomic E-state index is 12.7. The Morgan fingerprint density at radius 1 is 0.846 bits per heavy atom. The van der Waals surface area contributed by atoms with Crippen molar-refractivity contribution in [3.63, 3.8) is 0 Å². The van der Waals surface area contributed by atoms with Gasteiger partial charge in [0.25, 0.3) is 0 Å². The number of carbonyl (C=O) groups is 2. The largest absolute Gasteiger partial charge is 0.462 e. The standard InChI is InChI=1S/C33H37NO5/c1-4-6-7-8-30-21-31(34-39-30)26-11-15-28(16-12-26)33(36)38-29-19-17-25(18-20-29)24-9-13-27(14-10-24)32(35)37-22-23(3)5-2/h9-20,23,30H,4-8,21-22H2,1-3H3. The third kappa shape index (κ3) is 7.79. The van der Waals surface area contributed by atoms with E-state index in [1.807, 2.05) is 36.4 Å². The van der Waals surface area contributed by atoms with Crippen molar-refractivity contribution in [2.45, 2.75) is 65.4 Å². The van der Waals surface area contributed by atoms with Crippen LogP contribution in [0.25, 0.3) is 11.1 Å². The van der Waals surface area contributed by atoms with E-state index in [2.05, 4.69) is 25.9 Å². The van der Waals surface area contributed by atoms with Gasteiger partial charge in [-0.2, -0.15) is 0 Å². The summed E-state index contributed by atoms with van der Waals surface area (Å²) in [5.41, 5.74) is 4.78. The number of hydrogen-bond donors (Lipinski definition) is 0. The highest BCUT2D eigenvalue weighted by atomic mass is 16.6. The molecule has 0 N–H and O–H groups in total. The van der Waals surface area contributed by atoms with Crippen LogP contribution in [0.3, 0.4) is 0 Å². The summed E-state index contributed by atoms with van der Waals surface area (Å²) in [6, 6.07) is 21.9. The molecule has 0 saturated heterocycles. The maximum atomic E-state index is 12.7. The zero-order valence-electron chi connectivity index (χ0n) is 23.0. The molecule has 0 bridgehead atoms. The molecule has 2 atom stereocenters. The van der Waals surface area contributed by atoms with E-state index in [1.165, 1.54) is 12.8 Å². The van der Waals surface area contributed by atoms with Gasteiger partial charge in [0.05, 0.1) is 23.4 Å². The lowest BCUT2D eigenvalue weighted by Crippen LogP contribution is -2.11. The molecule has 0 fully saturated rings. The summed E-state index contributed by atoms with van der Waals surface area (Å²) >= 11 is 0. The van der Waals surface area contributed by atoms with Crippen molar-refractivity contribution in [3.8, 4) is 16.9 Å². The smallest absolute Gasteiger partial charge is 0.343 e. The number of carbonyl (C=O) groups excluding carboxylic acids is 2. The third-order valence-corrected chi connectivity index (χ3v) is 7.03. The number of oxime groups is 1. The molecular formula is C33H37NO5. The third-order valence-electron chi connectivity index (χ3n) is 7.03. The number of benzene rings is 3. The molecule has 1 aliphatic rings. The molecule has 204 valence electrons. The highest BCUT2D eigenvalue weighted by Crippen LogP contribution is 2.25. The second-order valence-corrected chi connectivity index (χ2v) is 10.1. The molecule has 0 saturated carbocycles. The van der Waals surface area contributed by atoms with Crippen molar-refractivity contribution in [3.05, 3.63) is 89.5 Å². The minimum absolute atomic E-state index is 0.146. The number of esters is 2. The van der Waals surface area contributed by atoms with E-state index in [1.54, 1.807) is 36.4 Å². The Bertz CT molecular complexity index is 1260. The molecule has 4 rings (SSSR count). The summed E-state index contributed by atoms with van der Waals surface area (Å²) in [6.07, 6.45) is 6.47. The quantitative estimate of drug-likeness (QED) is 0.136. The van der Waals surface area contributed by atoms with Gasteiger partial charge in [0.1, 0.15) is 11.9 Å². The van der Waals surface area contributed by atoms with E-state index >= 15 is 0 Å². The summed E-state index contributed by atoms with van der Waals surface area (Å²) in [5, 5.41) is 4.25. The van der Waals surface area contributed by atoms with E-state index in [0.29, 0.717) is 29.4 Å². The first-order valence-corrected chi connectivity index (χ1v) is 13.9. The van der Waals surface area contributed by atoms with Crippen LogP contribution in [-0.2, 0) is 9.57 Å². The van der Waals surface area contributed by atoms with E-state index in [4.69, 9.17) is 14.3 Å². The van der Waals surface area contributed by atoms with Crippen molar-refractivity contribution in [2.24, 2.45) is 11.1 Å². The second-order valence-electron chi connectivity index (χ2n) is 10.1. The van der Waals surface area contributed by atoms with Crippen LogP contribution in [0.4, 0.5) is 0 Å². The first-order valence-electron chi connectivity index (χ1n) is 13.9. The highest BCUT2D eigenvalue weighted by molar-refractivity contribution is 6.02. The molecule has 3 aromatic rings. The van der Waals surface area contributed by atoms with Crippen molar-refractivity contribution in [2.75, 3.05) is 6.61 Å². The molecule has 39 heavy (non-hydrogen) atoms. The van der Waals surface area contributed by atoms with Gasteiger partial charge in [-0.1, -0.05) is 81.6 Å². The lowest BCUT2D eigenvalue weighted by Gasteiger charge is -2.10. The fourth-order valence-electron chi connectivity index (χ4n) is 4.27. The van der Waals surface area contributed by atoms with Crippen LogP contribution in [0, 0.1) is 5.92 Å². The van der Waals surface area contributed by atoms with Crippen LogP contribution < -0.4 is 4.74 Å². The normalized spacial score (nSPS) is 15.3. The van der Waals surface area contributed by atoms with Crippen molar-refractivity contribution in [1.82, 2.24) is 0 Å². The van der Waals surface area contributed by atoms with Crippen molar-refractivity contribution < 1.29 is 23.9 Å². The molecule has 0 amide bonds. The Labute approximate surface area is 231 Å². The Balaban J connectivity index is 1.29. The predicted octanol–water partition coefficient (Wildman–Crippen LogP) is 7.85. The number of unbranched alkanes of at least 4 members (excludes halogenated alkanes) is 2. The van der Waals surface area contributed by atoms with E-state index in [0.717, 1.165) is 48.1 Å². The summed E-state index contributed by atoms with van der Waals surface area (Å²) in [5.74, 6) is 0.0710. The molecule has 1 aliphatic heterocycles. The molecule has 0 aliphatic carbocycles. The van der Waals surface area contributed by atoms with Crippen LogP contribution in [0.5, 0.6) is 5.75 Å². The topological polar surface area (TPSA) is 74.2 Å². The summed E-state index contributed by atoms with van der Waals surface area (Å²) in [6.45, 7) is 6.74. The molecular weight excluding hydrogens is 490 g/mol. The first-order chi connectivity index (χ1) is 19.0. The van der Waals surface area contributed by atoms with Crippen LogP contribution in [0.15, 0.2) is 78.0 Å². The van der Waals surface area contributed by atoms with Gasteiger partial charge in [-0.15, -0.1) is 0 Å². The highest BCUT2D eigenvalue weighted by Gasteiger charge is 2.22. The number of hydrogen-bond acceptors (Lipinski definition) is 6. The predicted molar refractivity (Wildman–Crippen MR) is 153 cm³/mol.